The standard InChI is InChI=1S/C14H17ClO2/c1-10-2-8-13(9-3-10)17-14(16)11-4-6-12(15)7-5-11/h4-7,10,13H,2-3,8-9H2,1H3/t10-,13-. The Bertz CT molecular complexity index is 378. The summed E-state index contributed by atoms with van der Waals surface area (Å²) in [6.45, 7) is 2.25. The van der Waals surface area contributed by atoms with Crippen molar-refractivity contribution in [3.63, 3.8) is 0 Å². The van der Waals surface area contributed by atoms with Crippen LogP contribution in [0.5, 0.6) is 0 Å². The molecule has 0 aliphatic heterocycles. The van der Waals surface area contributed by atoms with E-state index in [-0.39, 0.29) is 12.1 Å². The topological polar surface area (TPSA) is 26.3 Å². The molecule has 0 spiro atoms. The Kier molecular flexibility index (Phi) is 4.06. The van der Waals surface area contributed by atoms with Crippen molar-refractivity contribution >= 4 is 17.6 Å². The first kappa shape index (κ1) is 12.4. The zero-order valence-electron chi connectivity index (χ0n) is 9.99. The largest absolute Gasteiger partial charge is 0.459 e. The van der Waals surface area contributed by atoms with E-state index < -0.39 is 0 Å². The van der Waals surface area contributed by atoms with Gasteiger partial charge in [0.25, 0.3) is 0 Å². The molecule has 0 saturated heterocycles. The van der Waals surface area contributed by atoms with Gasteiger partial charge in [0.05, 0.1) is 5.56 Å². The van der Waals surface area contributed by atoms with Gasteiger partial charge in [-0.3, -0.25) is 0 Å². The van der Waals surface area contributed by atoms with Crippen molar-refractivity contribution in [1.29, 1.82) is 0 Å². The number of benzene rings is 1. The zero-order chi connectivity index (χ0) is 12.3. The molecule has 1 aromatic carbocycles. The van der Waals surface area contributed by atoms with Gasteiger partial charge in [-0.2, -0.15) is 0 Å². The molecule has 17 heavy (non-hydrogen) atoms. The van der Waals surface area contributed by atoms with Gasteiger partial charge in [-0.05, 0) is 55.9 Å². The quantitative estimate of drug-likeness (QED) is 0.742. The normalized spacial score (nSPS) is 24.4. The van der Waals surface area contributed by atoms with Crippen molar-refractivity contribution in [3.8, 4) is 0 Å². The molecule has 0 bridgehead atoms. The van der Waals surface area contributed by atoms with E-state index in [1.54, 1.807) is 24.3 Å². The second-order valence-corrected chi connectivity index (χ2v) is 5.23. The maximum Gasteiger partial charge on any atom is 0.338 e. The number of carbonyl (C=O) groups excluding carboxylic acids is 1. The van der Waals surface area contributed by atoms with Crippen molar-refractivity contribution in [1.82, 2.24) is 0 Å². The number of carbonyl (C=O) groups is 1. The number of halogens is 1. The van der Waals surface area contributed by atoms with Crippen LogP contribution in [0, 0.1) is 5.92 Å². The van der Waals surface area contributed by atoms with E-state index in [0.717, 1.165) is 31.6 Å². The third-order valence-corrected chi connectivity index (χ3v) is 3.57. The van der Waals surface area contributed by atoms with Crippen LogP contribution < -0.4 is 0 Å². The van der Waals surface area contributed by atoms with Crippen molar-refractivity contribution in [2.75, 3.05) is 0 Å². The predicted molar refractivity (Wildman–Crippen MR) is 68.3 cm³/mol. The number of esters is 1. The number of hydrogen-bond donors (Lipinski definition) is 0. The molecule has 3 heteroatoms. The lowest BCUT2D eigenvalue weighted by atomic mass is 9.89. The molecule has 0 radical (unpaired) electrons. The Morgan fingerprint density at radius 3 is 2.35 bits per heavy atom. The van der Waals surface area contributed by atoms with Crippen molar-refractivity contribution < 1.29 is 9.53 Å². The van der Waals surface area contributed by atoms with E-state index in [9.17, 15) is 4.79 Å². The fourth-order valence-electron chi connectivity index (χ4n) is 2.15. The van der Waals surface area contributed by atoms with Crippen LogP contribution in [-0.4, -0.2) is 12.1 Å². The van der Waals surface area contributed by atoms with Gasteiger partial charge in [0, 0.05) is 5.02 Å². The molecule has 0 amide bonds. The van der Waals surface area contributed by atoms with E-state index in [2.05, 4.69) is 6.92 Å². The summed E-state index contributed by atoms with van der Waals surface area (Å²) in [6.07, 6.45) is 4.37. The van der Waals surface area contributed by atoms with E-state index in [4.69, 9.17) is 16.3 Å². The smallest absolute Gasteiger partial charge is 0.338 e. The summed E-state index contributed by atoms with van der Waals surface area (Å²) in [4.78, 5) is 11.8. The second-order valence-electron chi connectivity index (χ2n) is 4.79. The van der Waals surface area contributed by atoms with E-state index >= 15 is 0 Å². The first-order valence-electron chi connectivity index (χ1n) is 6.11. The van der Waals surface area contributed by atoms with Crippen molar-refractivity contribution in [3.05, 3.63) is 34.9 Å². The van der Waals surface area contributed by atoms with Gasteiger partial charge < -0.3 is 4.74 Å². The summed E-state index contributed by atoms with van der Waals surface area (Å²) in [5.74, 6) is 0.529. The summed E-state index contributed by atoms with van der Waals surface area (Å²) in [7, 11) is 0. The summed E-state index contributed by atoms with van der Waals surface area (Å²) in [5, 5.41) is 0.632. The van der Waals surface area contributed by atoms with Crippen molar-refractivity contribution in [2.24, 2.45) is 5.92 Å². The van der Waals surface area contributed by atoms with Gasteiger partial charge >= 0.3 is 5.97 Å². The van der Waals surface area contributed by atoms with Gasteiger partial charge in [-0.1, -0.05) is 18.5 Å². The van der Waals surface area contributed by atoms with Gasteiger partial charge in [-0.15, -0.1) is 0 Å². The highest BCUT2D eigenvalue weighted by Crippen LogP contribution is 2.26. The molecule has 2 rings (SSSR count). The van der Waals surface area contributed by atoms with Gasteiger partial charge in [0.15, 0.2) is 0 Å². The Hall–Kier alpha value is -1.02. The van der Waals surface area contributed by atoms with Crippen LogP contribution in [0.4, 0.5) is 0 Å². The molecule has 2 nitrogen and oxygen atoms in total. The van der Waals surface area contributed by atoms with Crippen LogP contribution in [0.1, 0.15) is 43.0 Å². The monoisotopic (exact) mass is 252 g/mol. The molecule has 1 aliphatic carbocycles. The highest BCUT2D eigenvalue weighted by atomic mass is 35.5. The van der Waals surface area contributed by atoms with Crippen LogP contribution in [0.2, 0.25) is 5.02 Å². The Balaban J connectivity index is 1.91. The molecule has 92 valence electrons. The lowest BCUT2D eigenvalue weighted by molar-refractivity contribution is 0.0174. The Morgan fingerprint density at radius 1 is 1.18 bits per heavy atom. The third-order valence-electron chi connectivity index (χ3n) is 3.32. The van der Waals surface area contributed by atoms with E-state index in [1.807, 2.05) is 0 Å². The molecule has 0 N–H and O–H groups in total. The fraction of sp³-hybridized carbons (Fsp3) is 0.500. The molecule has 0 aromatic heterocycles. The molecule has 1 saturated carbocycles. The SMILES string of the molecule is C[C@H]1CC[C@H](OC(=O)c2ccc(Cl)cc2)CC1. The molecule has 0 atom stereocenters. The molecule has 1 aromatic rings. The first-order valence-corrected chi connectivity index (χ1v) is 6.49. The van der Waals surface area contributed by atoms with Crippen LogP contribution in [0.25, 0.3) is 0 Å². The minimum Gasteiger partial charge on any atom is -0.459 e. The van der Waals surface area contributed by atoms with Gasteiger partial charge in [0.2, 0.25) is 0 Å². The lowest BCUT2D eigenvalue weighted by Crippen LogP contribution is -2.23. The molecule has 1 fully saturated rings. The highest BCUT2D eigenvalue weighted by molar-refractivity contribution is 6.30. The minimum atomic E-state index is -0.235. The molecule has 0 unspecified atom stereocenters. The fourth-order valence-corrected chi connectivity index (χ4v) is 2.28. The van der Waals surface area contributed by atoms with E-state index in [1.165, 1.54) is 0 Å². The summed E-state index contributed by atoms with van der Waals surface area (Å²) in [6, 6.07) is 6.83. The summed E-state index contributed by atoms with van der Waals surface area (Å²) >= 11 is 5.77. The second kappa shape index (κ2) is 5.54. The van der Waals surface area contributed by atoms with Crippen LogP contribution in [0.3, 0.4) is 0 Å². The lowest BCUT2D eigenvalue weighted by Gasteiger charge is -2.25. The zero-order valence-corrected chi connectivity index (χ0v) is 10.7. The van der Waals surface area contributed by atoms with Crippen molar-refractivity contribution in [2.45, 2.75) is 38.7 Å². The minimum absolute atomic E-state index is 0.0920. The Morgan fingerprint density at radius 2 is 1.76 bits per heavy atom. The van der Waals surface area contributed by atoms with Crippen LogP contribution >= 0.6 is 11.6 Å². The van der Waals surface area contributed by atoms with Gasteiger partial charge in [0.1, 0.15) is 6.10 Å². The molecular formula is C14H17ClO2. The van der Waals surface area contributed by atoms with Gasteiger partial charge in [-0.25, -0.2) is 4.79 Å². The molecule has 0 heterocycles. The molecule has 1 aliphatic rings. The third kappa shape index (κ3) is 3.47. The average molecular weight is 253 g/mol. The maximum absolute atomic E-state index is 11.8. The van der Waals surface area contributed by atoms with E-state index in [0.29, 0.717) is 10.6 Å². The average Bonchev–Trinajstić information content (AvgIpc) is 2.33. The first-order chi connectivity index (χ1) is 8.15. The van der Waals surface area contributed by atoms with Crippen LogP contribution in [0.15, 0.2) is 24.3 Å². The summed E-state index contributed by atoms with van der Waals surface area (Å²) < 4.78 is 5.48. The summed E-state index contributed by atoms with van der Waals surface area (Å²) in [5.41, 5.74) is 0.577. The highest BCUT2D eigenvalue weighted by Gasteiger charge is 2.21. The number of hydrogen-bond acceptors (Lipinski definition) is 2. The number of rotatable bonds is 2. The number of ether oxygens (including phenoxy) is 1. The molecular weight excluding hydrogens is 236 g/mol. The predicted octanol–water partition coefficient (Wildman–Crippen LogP) is 4.08. The van der Waals surface area contributed by atoms with Crippen LogP contribution in [-0.2, 0) is 4.74 Å². The maximum atomic E-state index is 11.8. The Labute approximate surface area is 107 Å².